The second-order valence-corrected chi connectivity index (χ2v) is 6.63. The normalized spacial score (nSPS) is 10.8. The van der Waals surface area contributed by atoms with E-state index in [9.17, 15) is 14.9 Å². The number of ether oxygens (including phenoxy) is 1. The number of non-ortho nitro benzene ring substituents is 1. The molecule has 0 aliphatic rings. The number of aryl methyl sites for hydroxylation is 1. The fourth-order valence-electron chi connectivity index (χ4n) is 3.25. The van der Waals surface area contributed by atoms with E-state index in [0.717, 1.165) is 22.1 Å². The largest absolute Gasteiger partial charge is 0.489 e. The third-order valence-corrected chi connectivity index (χ3v) is 4.75. The van der Waals surface area contributed by atoms with E-state index >= 15 is 0 Å². The monoisotopic (exact) mass is 387 g/mol. The Morgan fingerprint density at radius 1 is 1.00 bits per heavy atom. The van der Waals surface area contributed by atoms with E-state index in [1.807, 2.05) is 49.4 Å². The number of benzene rings is 3. The number of nitrogens with zero attached hydrogens (tertiary/aromatic N) is 1. The van der Waals surface area contributed by atoms with E-state index in [2.05, 4.69) is 0 Å². The van der Waals surface area contributed by atoms with Crippen LogP contribution >= 0.6 is 0 Å². The van der Waals surface area contributed by atoms with E-state index in [4.69, 9.17) is 9.15 Å². The Bertz CT molecular complexity index is 1240. The molecule has 0 fully saturated rings. The number of fused-ring (bicyclic) bond motifs is 1. The topological polar surface area (TPSA) is 82.6 Å². The predicted octanol–water partition coefficient (Wildman–Crippen LogP) is 5.26. The second kappa shape index (κ2) is 7.59. The third-order valence-electron chi connectivity index (χ3n) is 4.75. The molecule has 144 valence electrons. The molecule has 0 aliphatic carbocycles. The summed E-state index contributed by atoms with van der Waals surface area (Å²) in [4.78, 5) is 22.9. The first kappa shape index (κ1) is 18.4. The average molecular weight is 387 g/mol. The van der Waals surface area contributed by atoms with Crippen molar-refractivity contribution in [3.63, 3.8) is 0 Å². The molecule has 4 rings (SSSR count). The highest BCUT2D eigenvalue weighted by atomic mass is 16.6. The van der Waals surface area contributed by atoms with Crippen LogP contribution in [-0.4, -0.2) is 4.92 Å². The van der Waals surface area contributed by atoms with Gasteiger partial charge in [0, 0.05) is 23.6 Å². The molecule has 0 saturated heterocycles. The van der Waals surface area contributed by atoms with Crippen molar-refractivity contribution >= 4 is 16.7 Å². The lowest BCUT2D eigenvalue weighted by Crippen LogP contribution is -2.06. The van der Waals surface area contributed by atoms with Gasteiger partial charge in [0.05, 0.1) is 10.5 Å². The van der Waals surface area contributed by atoms with Crippen molar-refractivity contribution in [1.29, 1.82) is 0 Å². The molecule has 0 saturated carbocycles. The molecule has 4 aromatic rings. The lowest BCUT2D eigenvalue weighted by atomic mass is 10.00. The lowest BCUT2D eigenvalue weighted by molar-refractivity contribution is -0.384. The zero-order chi connectivity index (χ0) is 20.4. The number of hydrogen-bond acceptors (Lipinski definition) is 5. The van der Waals surface area contributed by atoms with Crippen molar-refractivity contribution in [2.75, 3.05) is 0 Å². The maximum atomic E-state index is 12.6. The molecule has 3 aromatic carbocycles. The van der Waals surface area contributed by atoms with Crippen LogP contribution in [0.2, 0.25) is 0 Å². The zero-order valence-electron chi connectivity index (χ0n) is 15.6. The van der Waals surface area contributed by atoms with Crippen LogP contribution in [0.15, 0.2) is 82.0 Å². The Morgan fingerprint density at radius 2 is 1.72 bits per heavy atom. The summed E-state index contributed by atoms with van der Waals surface area (Å²) in [6.45, 7) is 2.15. The zero-order valence-corrected chi connectivity index (χ0v) is 15.6. The van der Waals surface area contributed by atoms with Crippen LogP contribution in [0.4, 0.5) is 5.69 Å². The van der Waals surface area contributed by atoms with Crippen molar-refractivity contribution in [1.82, 2.24) is 0 Å². The summed E-state index contributed by atoms with van der Waals surface area (Å²) in [5, 5.41) is 11.6. The molecule has 0 unspecified atom stereocenters. The fourth-order valence-corrected chi connectivity index (χ4v) is 3.25. The van der Waals surface area contributed by atoms with Crippen LogP contribution in [0.3, 0.4) is 0 Å². The van der Waals surface area contributed by atoms with Crippen molar-refractivity contribution in [2.24, 2.45) is 0 Å². The minimum absolute atomic E-state index is 0.0333. The van der Waals surface area contributed by atoms with Gasteiger partial charge in [0.2, 0.25) is 0 Å². The van der Waals surface area contributed by atoms with E-state index in [1.54, 1.807) is 18.2 Å². The number of rotatable bonds is 5. The molecule has 29 heavy (non-hydrogen) atoms. The quantitative estimate of drug-likeness (QED) is 0.265. The Hall–Kier alpha value is -3.93. The number of nitro groups is 1. The van der Waals surface area contributed by atoms with Gasteiger partial charge in [0.1, 0.15) is 17.9 Å². The van der Waals surface area contributed by atoms with Gasteiger partial charge in [-0.25, -0.2) is 4.79 Å². The van der Waals surface area contributed by atoms with Gasteiger partial charge in [-0.2, -0.15) is 0 Å². The number of hydrogen-bond donors (Lipinski definition) is 0. The molecular formula is C23H17NO5. The third kappa shape index (κ3) is 3.73. The summed E-state index contributed by atoms with van der Waals surface area (Å²) < 4.78 is 11.3. The maximum absolute atomic E-state index is 12.6. The van der Waals surface area contributed by atoms with Crippen LogP contribution in [-0.2, 0) is 6.61 Å². The molecule has 1 heterocycles. The van der Waals surface area contributed by atoms with Gasteiger partial charge in [-0.05, 0) is 47.9 Å². The minimum atomic E-state index is -0.442. The SMILES string of the molecule is Cc1c(-c2ccccc2)c(=O)oc2cc(OCc3ccc([N+](=O)[O-])cc3)ccc12. The molecule has 6 nitrogen and oxygen atoms in total. The smallest absolute Gasteiger partial charge is 0.344 e. The Labute approximate surface area is 166 Å². The van der Waals surface area contributed by atoms with E-state index in [-0.39, 0.29) is 12.3 Å². The second-order valence-electron chi connectivity index (χ2n) is 6.63. The Balaban J connectivity index is 1.61. The molecule has 0 spiro atoms. The summed E-state index contributed by atoms with van der Waals surface area (Å²) in [5.41, 5.74) is 3.11. The predicted molar refractivity (Wildman–Crippen MR) is 110 cm³/mol. The van der Waals surface area contributed by atoms with Crippen LogP contribution in [0.5, 0.6) is 5.75 Å². The van der Waals surface area contributed by atoms with Gasteiger partial charge < -0.3 is 9.15 Å². The van der Waals surface area contributed by atoms with Gasteiger partial charge in [0.25, 0.3) is 5.69 Å². The average Bonchev–Trinajstić information content (AvgIpc) is 2.73. The molecule has 0 atom stereocenters. The van der Waals surface area contributed by atoms with Crippen LogP contribution in [0.1, 0.15) is 11.1 Å². The van der Waals surface area contributed by atoms with Gasteiger partial charge in [0.15, 0.2) is 0 Å². The molecule has 0 N–H and O–H groups in total. The molecule has 0 aliphatic heterocycles. The lowest BCUT2D eigenvalue weighted by Gasteiger charge is -2.10. The Kier molecular flexibility index (Phi) is 4.83. The highest BCUT2D eigenvalue weighted by Gasteiger charge is 2.14. The molecule has 6 heteroatoms. The first-order valence-electron chi connectivity index (χ1n) is 9.02. The Morgan fingerprint density at radius 3 is 2.41 bits per heavy atom. The summed E-state index contributed by atoms with van der Waals surface area (Å²) >= 11 is 0. The summed E-state index contributed by atoms with van der Waals surface area (Å²) in [7, 11) is 0. The highest BCUT2D eigenvalue weighted by molar-refractivity contribution is 5.87. The molecule has 0 bridgehead atoms. The van der Waals surface area contributed by atoms with Gasteiger partial charge >= 0.3 is 5.63 Å². The van der Waals surface area contributed by atoms with Crippen molar-refractivity contribution < 1.29 is 14.1 Å². The first-order chi connectivity index (χ1) is 14.0. The summed E-state index contributed by atoms with van der Waals surface area (Å²) in [6, 6.07) is 21.0. The molecular weight excluding hydrogens is 370 g/mol. The van der Waals surface area contributed by atoms with Crippen LogP contribution in [0, 0.1) is 17.0 Å². The van der Waals surface area contributed by atoms with E-state index in [0.29, 0.717) is 16.9 Å². The summed E-state index contributed by atoms with van der Waals surface area (Å²) in [6.07, 6.45) is 0. The minimum Gasteiger partial charge on any atom is -0.489 e. The highest BCUT2D eigenvalue weighted by Crippen LogP contribution is 2.29. The van der Waals surface area contributed by atoms with Gasteiger partial charge in [-0.3, -0.25) is 10.1 Å². The van der Waals surface area contributed by atoms with E-state index in [1.165, 1.54) is 12.1 Å². The maximum Gasteiger partial charge on any atom is 0.344 e. The van der Waals surface area contributed by atoms with Crippen LogP contribution < -0.4 is 10.4 Å². The van der Waals surface area contributed by atoms with Crippen molar-refractivity contribution in [2.45, 2.75) is 13.5 Å². The first-order valence-corrected chi connectivity index (χ1v) is 9.02. The standard InChI is InChI=1S/C23H17NO5/c1-15-20-12-11-19(28-14-16-7-9-18(10-8-16)24(26)27)13-21(20)29-23(25)22(15)17-5-3-2-4-6-17/h2-13H,14H2,1H3. The van der Waals surface area contributed by atoms with E-state index < -0.39 is 10.5 Å². The fraction of sp³-hybridized carbons (Fsp3) is 0.0870. The molecule has 1 aromatic heterocycles. The van der Waals surface area contributed by atoms with Gasteiger partial charge in [-0.1, -0.05) is 30.3 Å². The molecule has 0 radical (unpaired) electrons. The summed E-state index contributed by atoms with van der Waals surface area (Å²) in [5.74, 6) is 0.547. The number of nitro benzene ring substituents is 1. The van der Waals surface area contributed by atoms with Crippen molar-refractivity contribution in [3.8, 4) is 16.9 Å². The van der Waals surface area contributed by atoms with Crippen molar-refractivity contribution in [3.05, 3.63) is 104 Å². The van der Waals surface area contributed by atoms with Gasteiger partial charge in [-0.15, -0.1) is 0 Å². The van der Waals surface area contributed by atoms with Crippen LogP contribution in [0.25, 0.3) is 22.1 Å². The molecule has 0 amide bonds.